The first-order chi connectivity index (χ1) is 17.5. The molecule has 2 atom stereocenters. The molecule has 36 heavy (non-hydrogen) atoms. The van der Waals surface area contributed by atoms with E-state index in [1.807, 2.05) is 42.5 Å². The third-order valence-electron chi connectivity index (χ3n) is 6.34. The van der Waals surface area contributed by atoms with E-state index in [0.717, 1.165) is 35.0 Å². The zero-order valence-corrected chi connectivity index (χ0v) is 20.1. The lowest BCUT2D eigenvalue weighted by Gasteiger charge is -2.33. The van der Waals surface area contributed by atoms with Crippen molar-refractivity contribution in [2.75, 3.05) is 19.7 Å². The predicted octanol–water partition coefficient (Wildman–Crippen LogP) is 3.49. The van der Waals surface area contributed by atoms with Crippen LogP contribution in [-0.4, -0.2) is 58.1 Å². The summed E-state index contributed by atoms with van der Waals surface area (Å²) < 4.78 is 5.72. The van der Waals surface area contributed by atoms with E-state index in [2.05, 4.69) is 15.3 Å². The van der Waals surface area contributed by atoms with Crippen molar-refractivity contribution in [3.8, 4) is 5.75 Å². The Morgan fingerprint density at radius 3 is 2.75 bits per heavy atom. The highest BCUT2D eigenvalue weighted by Crippen LogP contribution is 2.38. The number of ether oxygens (including phenoxy) is 1. The molecule has 2 aromatic carbocycles. The number of pyridine rings is 1. The van der Waals surface area contributed by atoms with Crippen molar-refractivity contribution in [3.63, 3.8) is 0 Å². The quantitative estimate of drug-likeness (QED) is 0.318. The average molecular weight is 505 g/mol. The molecule has 1 aliphatic heterocycles. The van der Waals surface area contributed by atoms with Crippen molar-refractivity contribution in [3.05, 3.63) is 94.4 Å². The molecule has 3 N–H and O–H groups in total. The molecule has 8 nitrogen and oxygen atoms in total. The maximum Gasteiger partial charge on any atom is 0.251 e. The molecule has 2 aromatic heterocycles. The summed E-state index contributed by atoms with van der Waals surface area (Å²) in [6, 6.07) is 16.2. The van der Waals surface area contributed by atoms with E-state index < -0.39 is 6.10 Å². The van der Waals surface area contributed by atoms with Crippen LogP contribution >= 0.6 is 11.6 Å². The summed E-state index contributed by atoms with van der Waals surface area (Å²) in [6.45, 7) is 0.686. The molecule has 9 heteroatoms. The molecular weight excluding hydrogens is 480 g/mol. The van der Waals surface area contributed by atoms with Gasteiger partial charge in [-0.3, -0.25) is 14.6 Å². The molecule has 0 bridgehead atoms. The van der Waals surface area contributed by atoms with Gasteiger partial charge in [-0.05, 0) is 60.0 Å². The van der Waals surface area contributed by atoms with Crippen molar-refractivity contribution in [1.82, 2.24) is 20.2 Å². The predicted molar refractivity (Wildman–Crippen MR) is 136 cm³/mol. The number of amides is 2. The summed E-state index contributed by atoms with van der Waals surface area (Å²) in [7, 11) is 0. The van der Waals surface area contributed by atoms with E-state index in [1.54, 1.807) is 17.0 Å². The molecule has 2 amide bonds. The Morgan fingerprint density at radius 2 is 2.00 bits per heavy atom. The summed E-state index contributed by atoms with van der Waals surface area (Å²) in [5.74, 6) is 0.294. The minimum Gasteiger partial charge on any atom is -0.491 e. The second kappa shape index (κ2) is 10.4. The maximum atomic E-state index is 12.1. The Labute approximate surface area is 212 Å². The van der Waals surface area contributed by atoms with E-state index >= 15 is 0 Å². The summed E-state index contributed by atoms with van der Waals surface area (Å²) in [5, 5.41) is 14.7. The lowest BCUT2D eigenvalue weighted by Crippen LogP contribution is -2.35. The fraction of sp³-hybridized carbons (Fsp3) is 0.222. The first-order valence-corrected chi connectivity index (χ1v) is 12.0. The van der Waals surface area contributed by atoms with Gasteiger partial charge >= 0.3 is 0 Å². The van der Waals surface area contributed by atoms with Gasteiger partial charge in [0.2, 0.25) is 6.41 Å². The number of halogens is 1. The smallest absolute Gasteiger partial charge is 0.251 e. The van der Waals surface area contributed by atoms with Gasteiger partial charge in [-0.25, -0.2) is 0 Å². The third kappa shape index (κ3) is 4.91. The Kier molecular flexibility index (Phi) is 6.88. The zero-order valence-electron chi connectivity index (χ0n) is 19.4. The van der Waals surface area contributed by atoms with E-state index in [4.69, 9.17) is 16.3 Å². The van der Waals surface area contributed by atoms with Crippen LogP contribution in [0.2, 0.25) is 5.02 Å². The van der Waals surface area contributed by atoms with Crippen LogP contribution in [0.5, 0.6) is 5.75 Å². The first-order valence-electron chi connectivity index (χ1n) is 11.6. The third-order valence-corrected chi connectivity index (χ3v) is 6.58. The number of benzene rings is 2. The fourth-order valence-electron chi connectivity index (χ4n) is 4.56. The summed E-state index contributed by atoms with van der Waals surface area (Å²) >= 11 is 6.22. The van der Waals surface area contributed by atoms with Gasteiger partial charge in [0.25, 0.3) is 5.91 Å². The van der Waals surface area contributed by atoms with Crippen LogP contribution in [-0.2, 0) is 11.2 Å². The monoisotopic (exact) mass is 504 g/mol. The largest absolute Gasteiger partial charge is 0.491 e. The lowest BCUT2D eigenvalue weighted by atomic mass is 9.93. The molecule has 4 aromatic rings. The number of hydrogen-bond donors (Lipinski definition) is 3. The number of fused-ring (bicyclic) bond motifs is 3. The molecule has 0 saturated heterocycles. The highest BCUT2D eigenvalue weighted by atomic mass is 35.5. The van der Waals surface area contributed by atoms with Gasteiger partial charge in [-0.2, -0.15) is 0 Å². The van der Waals surface area contributed by atoms with E-state index in [9.17, 15) is 14.7 Å². The van der Waals surface area contributed by atoms with Crippen molar-refractivity contribution >= 4 is 34.8 Å². The standard InChI is InChI=1S/C27H25ClN4O4/c28-19-3-6-24-23(13-19)22-9-12-32(16-33)26(25(22)31-24)17-1-4-21(5-2-17)36-15-20(34)14-30-27(35)18-7-10-29-11-8-18/h1-8,10-11,13,16,20,26,31,34H,9,12,14-15H2,(H,30,35). The molecule has 184 valence electrons. The Hall–Kier alpha value is -3.88. The minimum atomic E-state index is -0.875. The number of aliphatic hydroxyl groups excluding tert-OH is 1. The summed E-state index contributed by atoms with van der Waals surface area (Å²) in [4.78, 5) is 33.1. The Bertz CT molecular complexity index is 1370. The number of nitrogens with zero attached hydrogens (tertiary/aromatic N) is 2. The Morgan fingerprint density at radius 1 is 1.22 bits per heavy atom. The first kappa shape index (κ1) is 23.8. The number of hydrogen-bond acceptors (Lipinski definition) is 5. The highest BCUT2D eigenvalue weighted by molar-refractivity contribution is 6.31. The maximum absolute atomic E-state index is 12.1. The molecule has 3 heterocycles. The second-order valence-corrected chi connectivity index (χ2v) is 9.12. The van der Waals surface area contributed by atoms with Gasteiger partial charge in [0, 0.05) is 52.7 Å². The van der Waals surface area contributed by atoms with Gasteiger partial charge in [-0.15, -0.1) is 0 Å². The van der Waals surface area contributed by atoms with E-state index in [-0.39, 0.29) is 25.1 Å². The van der Waals surface area contributed by atoms with Gasteiger partial charge in [0.05, 0.1) is 6.04 Å². The Balaban J connectivity index is 1.25. The van der Waals surface area contributed by atoms with Crippen LogP contribution in [0.25, 0.3) is 10.9 Å². The fourth-order valence-corrected chi connectivity index (χ4v) is 4.74. The van der Waals surface area contributed by atoms with Crippen LogP contribution in [0.4, 0.5) is 0 Å². The zero-order chi connectivity index (χ0) is 25.1. The van der Waals surface area contributed by atoms with E-state index in [1.165, 1.54) is 18.0 Å². The molecule has 0 spiro atoms. The van der Waals surface area contributed by atoms with E-state index in [0.29, 0.717) is 22.9 Å². The van der Waals surface area contributed by atoms with Crippen LogP contribution in [0.1, 0.15) is 33.2 Å². The second-order valence-electron chi connectivity index (χ2n) is 8.68. The number of carbonyl (C=O) groups excluding carboxylic acids is 2. The van der Waals surface area contributed by atoms with Crippen LogP contribution in [0.15, 0.2) is 67.0 Å². The number of carbonyl (C=O) groups is 2. The molecule has 0 fully saturated rings. The highest BCUT2D eigenvalue weighted by Gasteiger charge is 2.31. The number of aromatic amines is 1. The van der Waals surface area contributed by atoms with Crippen LogP contribution in [0.3, 0.4) is 0 Å². The topological polar surface area (TPSA) is 108 Å². The van der Waals surface area contributed by atoms with Gasteiger partial charge in [0.1, 0.15) is 18.5 Å². The van der Waals surface area contributed by atoms with Gasteiger partial charge < -0.3 is 25.0 Å². The average Bonchev–Trinajstić information content (AvgIpc) is 3.28. The number of aliphatic hydroxyl groups is 1. The van der Waals surface area contributed by atoms with Crippen molar-refractivity contribution in [2.45, 2.75) is 18.6 Å². The molecule has 0 radical (unpaired) electrons. The molecule has 2 unspecified atom stereocenters. The lowest BCUT2D eigenvalue weighted by molar-refractivity contribution is -0.120. The molecular formula is C27H25ClN4O4. The number of H-pyrrole nitrogens is 1. The van der Waals surface area contributed by atoms with Gasteiger partial charge in [-0.1, -0.05) is 23.7 Å². The van der Waals surface area contributed by atoms with Crippen molar-refractivity contribution < 1.29 is 19.4 Å². The number of nitrogens with one attached hydrogen (secondary N) is 2. The van der Waals surface area contributed by atoms with Crippen molar-refractivity contribution in [2.24, 2.45) is 0 Å². The number of aromatic nitrogens is 2. The summed E-state index contributed by atoms with van der Waals surface area (Å²) in [6.07, 6.45) is 3.83. The number of rotatable bonds is 8. The molecule has 5 rings (SSSR count). The van der Waals surface area contributed by atoms with Crippen LogP contribution in [0, 0.1) is 0 Å². The van der Waals surface area contributed by atoms with Crippen LogP contribution < -0.4 is 10.1 Å². The van der Waals surface area contributed by atoms with Gasteiger partial charge in [0.15, 0.2) is 0 Å². The van der Waals surface area contributed by atoms with Crippen molar-refractivity contribution in [1.29, 1.82) is 0 Å². The minimum absolute atomic E-state index is 0.0206. The molecule has 0 aliphatic carbocycles. The molecule has 0 saturated carbocycles. The summed E-state index contributed by atoms with van der Waals surface area (Å²) in [5.41, 5.74) is 4.57. The normalized spacial score (nSPS) is 15.8. The SMILES string of the molecule is O=CN1CCc2c([nH]c3ccc(Cl)cc23)C1c1ccc(OCC(O)CNC(=O)c2ccncc2)cc1. The molecule has 1 aliphatic rings.